The van der Waals surface area contributed by atoms with Crippen LogP contribution < -0.4 is 15.8 Å². The first-order chi connectivity index (χ1) is 12.3. The summed E-state index contributed by atoms with van der Waals surface area (Å²) in [5.41, 5.74) is 6.71. The van der Waals surface area contributed by atoms with Gasteiger partial charge in [-0.15, -0.1) is 6.58 Å². The quantitative estimate of drug-likeness (QED) is 0.641. The summed E-state index contributed by atoms with van der Waals surface area (Å²) in [7, 11) is -3.74. The van der Waals surface area contributed by atoms with Crippen LogP contribution in [0.4, 0.5) is 5.69 Å². The minimum absolute atomic E-state index is 0.0328. The molecule has 0 bridgehead atoms. The third kappa shape index (κ3) is 4.35. The van der Waals surface area contributed by atoms with Crippen molar-refractivity contribution in [3.8, 4) is 0 Å². The lowest BCUT2D eigenvalue weighted by Crippen LogP contribution is -2.24. The number of rotatable bonds is 7. The summed E-state index contributed by atoms with van der Waals surface area (Å²) in [4.78, 5) is 23.8. The van der Waals surface area contributed by atoms with Gasteiger partial charge in [0.25, 0.3) is 5.91 Å². The Balaban J connectivity index is 2.29. The van der Waals surface area contributed by atoms with Crippen LogP contribution in [0.1, 0.15) is 26.3 Å². The van der Waals surface area contributed by atoms with E-state index in [0.29, 0.717) is 16.8 Å². The lowest BCUT2D eigenvalue weighted by molar-refractivity contribution is 0.0995. The van der Waals surface area contributed by atoms with E-state index in [0.717, 1.165) is 0 Å². The molecule has 0 aliphatic rings. The van der Waals surface area contributed by atoms with Crippen LogP contribution in [0.3, 0.4) is 0 Å². The average molecular weight is 373 g/mol. The lowest BCUT2D eigenvalue weighted by atomic mass is 10.1. The molecule has 0 saturated heterocycles. The topological polar surface area (TPSA) is 118 Å². The summed E-state index contributed by atoms with van der Waals surface area (Å²) in [6.45, 7) is 5.20. The van der Waals surface area contributed by atoms with Gasteiger partial charge in [-0.2, -0.15) is 0 Å². The van der Waals surface area contributed by atoms with Gasteiger partial charge < -0.3 is 11.1 Å². The molecule has 0 fully saturated rings. The van der Waals surface area contributed by atoms with E-state index in [1.807, 2.05) is 0 Å². The molecule has 0 unspecified atom stereocenters. The number of benzene rings is 2. The number of nitrogens with two attached hydrogens (primary N) is 1. The van der Waals surface area contributed by atoms with E-state index >= 15 is 0 Å². The van der Waals surface area contributed by atoms with Crippen molar-refractivity contribution in [3.05, 3.63) is 71.8 Å². The predicted molar refractivity (Wildman–Crippen MR) is 99.5 cm³/mol. The van der Waals surface area contributed by atoms with Crippen molar-refractivity contribution in [2.24, 2.45) is 5.73 Å². The Morgan fingerprint density at radius 3 is 2.54 bits per heavy atom. The summed E-state index contributed by atoms with van der Waals surface area (Å²) >= 11 is 0. The molecule has 0 heterocycles. The van der Waals surface area contributed by atoms with Gasteiger partial charge in [0.05, 0.1) is 4.90 Å². The summed E-state index contributed by atoms with van der Waals surface area (Å²) in [6, 6.07) is 10.4. The van der Waals surface area contributed by atoms with E-state index in [1.165, 1.54) is 30.3 Å². The van der Waals surface area contributed by atoms with E-state index in [-0.39, 0.29) is 17.0 Å². The van der Waals surface area contributed by atoms with Crippen LogP contribution in [0, 0.1) is 6.92 Å². The number of carbonyl (C=O) groups is 2. The van der Waals surface area contributed by atoms with Crippen LogP contribution in [0.15, 0.2) is 60.0 Å². The second-order valence-corrected chi connectivity index (χ2v) is 7.23. The third-order valence-electron chi connectivity index (χ3n) is 3.67. The lowest BCUT2D eigenvalue weighted by Gasteiger charge is -2.11. The molecule has 0 aliphatic heterocycles. The van der Waals surface area contributed by atoms with Crippen LogP contribution in [0.25, 0.3) is 0 Å². The Hall–Kier alpha value is -2.97. The molecule has 7 nitrogen and oxygen atoms in total. The predicted octanol–water partition coefficient (Wildman–Crippen LogP) is 1.81. The molecule has 0 spiro atoms. The maximum atomic E-state index is 12.5. The fraction of sp³-hybridized carbons (Fsp3) is 0.111. The SMILES string of the molecule is C=CCNS(=O)(=O)c1cccc(C(=O)Nc2cccc(C(N)=O)c2C)c1. The fourth-order valence-electron chi connectivity index (χ4n) is 2.29. The first-order valence-electron chi connectivity index (χ1n) is 7.67. The fourth-order valence-corrected chi connectivity index (χ4v) is 3.33. The molecule has 0 saturated carbocycles. The van der Waals surface area contributed by atoms with Crippen LogP contribution in [0.5, 0.6) is 0 Å². The Bertz CT molecular complexity index is 968. The molecule has 26 heavy (non-hydrogen) atoms. The zero-order chi connectivity index (χ0) is 19.3. The zero-order valence-electron chi connectivity index (χ0n) is 14.2. The van der Waals surface area contributed by atoms with Gasteiger partial charge in [0, 0.05) is 23.4 Å². The van der Waals surface area contributed by atoms with Gasteiger partial charge in [-0.1, -0.05) is 18.2 Å². The first kappa shape index (κ1) is 19.4. The van der Waals surface area contributed by atoms with Gasteiger partial charge in [-0.3, -0.25) is 9.59 Å². The van der Waals surface area contributed by atoms with Gasteiger partial charge in [0.15, 0.2) is 0 Å². The second kappa shape index (κ2) is 7.94. The summed E-state index contributed by atoms with van der Waals surface area (Å²) in [5.74, 6) is -1.10. The first-order valence-corrected chi connectivity index (χ1v) is 9.16. The number of anilines is 1. The highest BCUT2D eigenvalue weighted by atomic mass is 32.2. The van der Waals surface area contributed by atoms with Gasteiger partial charge >= 0.3 is 0 Å². The van der Waals surface area contributed by atoms with Gasteiger partial charge in [0.1, 0.15) is 0 Å². The molecule has 136 valence electrons. The van der Waals surface area contributed by atoms with Crippen LogP contribution in [-0.2, 0) is 10.0 Å². The number of nitrogens with one attached hydrogen (secondary N) is 2. The molecule has 2 rings (SSSR count). The molecule has 8 heteroatoms. The van der Waals surface area contributed by atoms with Crippen molar-refractivity contribution in [2.75, 3.05) is 11.9 Å². The number of hydrogen-bond donors (Lipinski definition) is 3. The molecule has 0 aromatic heterocycles. The molecule has 2 aromatic carbocycles. The van der Waals surface area contributed by atoms with Gasteiger partial charge in [-0.25, -0.2) is 13.1 Å². The number of amides is 2. The Morgan fingerprint density at radius 1 is 1.19 bits per heavy atom. The molecule has 4 N–H and O–H groups in total. The molecule has 0 radical (unpaired) electrons. The van der Waals surface area contributed by atoms with Crippen LogP contribution in [0.2, 0.25) is 0 Å². The molecular weight excluding hydrogens is 354 g/mol. The van der Waals surface area contributed by atoms with E-state index in [4.69, 9.17) is 5.73 Å². The number of sulfonamides is 1. The van der Waals surface area contributed by atoms with Crippen LogP contribution in [-0.4, -0.2) is 26.8 Å². The maximum Gasteiger partial charge on any atom is 0.255 e. The monoisotopic (exact) mass is 373 g/mol. The van der Waals surface area contributed by atoms with Crippen molar-refractivity contribution in [3.63, 3.8) is 0 Å². The largest absolute Gasteiger partial charge is 0.366 e. The number of primary amides is 1. The van der Waals surface area contributed by atoms with E-state index in [2.05, 4.69) is 16.6 Å². The normalized spacial score (nSPS) is 11.0. The molecule has 2 amide bonds. The highest BCUT2D eigenvalue weighted by Crippen LogP contribution is 2.20. The summed E-state index contributed by atoms with van der Waals surface area (Å²) in [5, 5.41) is 2.67. The smallest absolute Gasteiger partial charge is 0.255 e. The summed E-state index contributed by atoms with van der Waals surface area (Å²) in [6.07, 6.45) is 1.42. The minimum atomic E-state index is -3.74. The average Bonchev–Trinajstić information content (AvgIpc) is 2.61. The second-order valence-electron chi connectivity index (χ2n) is 5.46. The van der Waals surface area contributed by atoms with Crippen molar-refractivity contribution < 1.29 is 18.0 Å². The van der Waals surface area contributed by atoms with E-state index in [1.54, 1.807) is 25.1 Å². The molecule has 0 atom stereocenters. The highest BCUT2D eigenvalue weighted by molar-refractivity contribution is 7.89. The van der Waals surface area contributed by atoms with E-state index < -0.39 is 21.8 Å². The Labute approximate surface area is 152 Å². The summed E-state index contributed by atoms with van der Waals surface area (Å²) < 4.78 is 26.7. The molecule has 0 aliphatic carbocycles. The molecule has 2 aromatic rings. The van der Waals surface area contributed by atoms with Gasteiger partial charge in [0.2, 0.25) is 15.9 Å². The van der Waals surface area contributed by atoms with E-state index in [9.17, 15) is 18.0 Å². The van der Waals surface area contributed by atoms with Crippen molar-refractivity contribution in [1.29, 1.82) is 0 Å². The Morgan fingerprint density at radius 2 is 1.88 bits per heavy atom. The highest BCUT2D eigenvalue weighted by Gasteiger charge is 2.16. The number of hydrogen-bond acceptors (Lipinski definition) is 4. The standard InChI is InChI=1S/C18H19N3O4S/c1-3-10-20-26(24,25)14-7-4-6-13(11-14)18(23)21-16-9-5-8-15(12(16)2)17(19)22/h3-9,11,20H,1,10H2,2H3,(H2,19,22)(H,21,23). The molecular formula is C18H19N3O4S. The van der Waals surface area contributed by atoms with Crippen molar-refractivity contribution in [2.45, 2.75) is 11.8 Å². The Kier molecular flexibility index (Phi) is 5.91. The van der Waals surface area contributed by atoms with Crippen LogP contribution >= 0.6 is 0 Å². The van der Waals surface area contributed by atoms with Crippen molar-refractivity contribution in [1.82, 2.24) is 4.72 Å². The maximum absolute atomic E-state index is 12.5. The van der Waals surface area contributed by atoms with Crippen molar-refractivity contribution >= 4 is 27.5 Å². The third-order valence-corrected chi connectivity index (χ3v) is 5.09. The van der Waals surface area contributed by atoms with Gasteiger partial charge in [-0.05, 0) is 42.8 Å². The number of carbonyl (C=O) groups excluding carboxylic acids is 2. The zero-order valence-corrected chi connectivity index (χ0v) is 15.0. The minimum Gasteiger partial charge on any atom is -0.366 e.